The molecule has 0 fully saturated rings. The summed E-state index contributed by atoms with van der Waals surface area (Å²) in [6.45, 7) is 8.31. The first-order valence-corrected chi connectivity index (χ1v) is 14.3. The van der Waals surface area contributed by atoms with Crippen molar-refractivity contribution in [1.29, 1.82) is 0 Å². The Kier molecular flexibility index (Phi) is 7.49. The van der Waals surface area contributed by atoms with Gasteiger partial charge in [0.25, 0.3) is 0 Å². The van der Waals surface area contributed by atoms with E-state index < -0.39 is 46.9 Å². The van der Waals surface area contributed by atoms with Gasteiger partial charge in [0.2, 0.25) is 0 Å². The van der Waals surface area contributed by atoms with Crippen molar-refractivity contribution >= 4 is 10.1 Å². The Morgan fingerprint density at radius 2 is 1.19 bits per heavy atom. The van der Waals surface area contributed by atoms with Crippen LogP contribution in [0.4, 0.5) is 8.78 Å². The average molecular weight is 558 g/mol. The molecule has 3 aromatic carbocycles. The minimum Gasteiger partial charge on any atom is -0.207 e. The van der Waals surface area contributed by atoms with Gasteiger partial charge in [0.15, 0.2) is 7.14 Å². The number of hydrogen-bond acceptors (Lipinski definition) is 3. The van der Waals surface area contributed by atoms with E-state index in [0.29, 0.717) is 17.9 Å². The molecule has 7 heteroatoms. The van der Waals surface area contributed by atoms with Crippen LogP contribution in [0.1, 0.15) is 50.7 Å². The van der Waals surface area contributed by atoms with Crippen LogP contribution >= 0.6 is 0 Å². The van der Waals surface area contributed by atoms with Crippen molar-refractivity contribution in [2.24, 2.45) is 0 Å². The van der Waals surface area contributed by atoms with Gasteiger partial charge in [-0.1, -0.05) is 52.0 Å². The van der Waals surface area contributed by atoms with Crippen LogP contribution < -0.4 is 20.2 Å². The molecule has 0 saturated carbocycles. The second-order valence-electron chi connectivity index (χ2n) is 7.75. The van der Waals surface area contributed by atoms with Crippen LogP contribution in [-0.2, 0) is 12.6 Å². The van der Waals surface area contributed by atoms with Crippen molar-refractivity contribution in [2.45, 2.75) is 44.4 Å². The SMILES string of the molecule is CC(C)c1ccc([I+](OS(=O)(=O)c2ccc(F)cc2F)c2ccc(C(C)C)cc2)cc1. The highest BCUT2D eigenvalue weighted by Crippen LogP contribution is 2.17. The maximum absolute atomic E-state index is 14.2. The zero-order chi connectivity index (χ0) is 22.8. The predicted molar refractivity (Wildman–Crippen MR) is 113 cm³/mol. The van der Waals surface area contributed by atoms with Gasteiger partial charge in [0.05, 0.1) is 0 Å². The second-order valence-corrected chi connectivity index (χ2v) is 14.2. The molecule has 0 atom stereocenters. The van der Waals surface area contributed by atoms with Crippen molar-refractivity contribution in [3.8, 4) is 0 Å². The molecule has 0 amide bonds. The van der Waals surface area contributed by atoms with E-state index in [0.717, 1.165) is 30.4 Å². The van der Waals surface area contributed by atoms with Gasteiger partial charge in [0, 0.05) is 6.07 Å². The zero-order valence-electron chi connectivity index (χ0n) is 17.8. The Bertz CT molecular complexity index is 1090. The van der Waals surface area contributed by atoms with Gasteiger partial charge in [-0.3, -0.25) is 0 Å². The first kappa shape index (κ1) is 23.8. The number of hydrogen-bond donors (Lipinski definition) is 0. The summed E-state index contributed by atoms with van der Waals surface area (Å²) in [5.74, 6) is -1.35. The molecule has 0 aromatic heterocycles. The maximum atomic E-state index is 14.2. The van der Waals surface area contributed by atoms with Gasteiger partial charge >= 0.3 is 30.4 Å². The molecular formula is C24H25F2IO3S+. The molecule has 3 nitrogen and oxygen atoms in total. The zero-order valence-corrected chi connectivity index (χ0v) is 20.7. The average Bonchev–Trinajstić information content (AvgIpc) is 2.72. The minimum absolute atomic E-state index is 0.333. The van der Waals surface area contributed by atoms with E-state index in [2.05, 4.69) is 27.7 Å². The molecule has 0 N–H and O–H groups in total. The number of halogens is 3. The smallest absolute Gasteiger partial charge is 0.207 e. The third kappa shape index (κ3) is 5.70. The van der Waals surface area contributed by atoms with Crippen LogP contribution in [0.15, 0.2) is 71.6 Å². The van der Waals surface area contributed by atoms with Gasteiger partial charge in [0.1, 0.15) is 16.5 Å². The number of rotatable bonds is 7. The summed E-state index contributed by atoms with van der Waals surface area (Å²) < 4.78 is 60.6. The van der Waals surface area contributed by atoms with Crippen LogP contribution in [0.25, 0.3) is 0 Å². The van der Waals surface area contributed by atoms with E-state index in [1.807, 2.05) is 48.5 Å². The fourth-order valence-electron chi connectivity index (χ4n) is 2.92. The first-order chi connectivity index (χ1) is 14.6. The van der Waals surface area contributed by atoms with Gasteiger partial charge in [-0.2, -0.15) is 8.42 Å². The van der Waals surface area contributed by atoms with Crippen LogP contribution in [0.3, 0.4) is 0 Å². The van der Waals surface area contributed by atoms with Crippen LogP contribution in [-0.4, -0.2) is 8.42 Å². The summed E-state index contributed by atoms with van der Waals surface area (Å²) in [6, 6.07) is 17.7. The Morgan fingerprint density at radius 1 is 0.742 bits per heavy atom. The molecule has 0 spiro atoms. The van der Waals surface area contributed by atoms with E-state index in [4.69, 9.17) is 2.51 Å². The molecular weight excluding hydrogens is 533 g/mol. The fourth-order valence-corrected chi connectivity index (χ4v) is 9.82. The molecule has 3 rings (SSSR count). The molecule has 31 heavy (non-hydrogen) atoms. The van der Waals surface area contributed by atoms with Gasteiger partial charge < -0.3 is 0 Å². The molecule has 0 aliphatic heterocycles. The molecule has 0 aliphatic carbocycles. The highest BCUT2D eigenvalue weighted by Gasteiger charge is 2.39. The maximum Gasteiger partial charge on any atom is 0.339 e. The van der Waals surface area contributed by atoms with Crippen LogP contribution in [0.5, 0.6) is 0 Å². The third-order valence-electron chi connectivity index (χ3n) is 4.78. The third-order valence-corrected chi connectivity index (χ3v) is 12.1. The lowest BCUT2D eigenvalue weighted by atomic mass is 10.0. The standard InChI is InChI=1S/C24H25F2IO3S/c1-16(2)18-5-10-21(11-6-18)27(22-12-7-19(8-13-22)17(3)4)30-31(28,29)24-14-9-20(25)15-23(24)26/h5-17H,1-4H3/q+1. The normalized spacial score (nSPS) is 12.2. The molecule has 1 radical (unpaired) electrons. The Labute approximate surface area is 190 Å². The monoisotopic (exact) mass is 558 g/mol. The molecule has 0 saturated heterocycles. The van der Waals surface area contributed by atoms with E-state index in [9.17, 15) is 17.2 Å². The van der Waals surface area contributed by atoms with Crippen molar-refractivity contribution in [2.75, 3.05) is 0 Å². The van der Waals surface area contributed by atoms with Crippen molar-refractivity contribution < 1.29 is 39.9 Å². The Morgan fingerprint density at radius 3 is 1.58 bits per heavy atom. The lowest BCUT2D eigenvalue weighted by Crippen LogP contribution is -3.85. The van der Waals surface area contributed by atoms with E-state index in [1.165, 1.54) is 0 Å². The van der Waals surface area contributed by atoms with E-state index >= 15 is 0 Å². The summed E-state index contributed by atoms with van der Waals surface area (Å²) in [6.07, 6.45) is 0. The first-order valence-electron chi connectivity index (χ1n) is 9.88. The molecule has 0 heterocycles. The van der Waals surface area contributed by atoms with E-state index in [1.54, 1.807) is 0 Å². The van der Waals surface area contributed by atoms with Crippen molar-refractivity contribution in [3.05, 3.63) is 96.6 Å². The quantitative estimate of drug-likeness (QED) is 0.419. The summed E-state index contributed by atoms with van der Waals surface area (Å²) in [5.41, 5.74) is 2.25. The molecule has 3 aromatic rings. The topological polar surface area (TPSA) is 43.4 Å². The minimum atomic E-state index is -4.43. The lowest BCUT2D eigenvalue weighted by Gasteiger charge is -2.10. The summed E-state index contributed by atoms with van der Waals surface area (Å²) in [4.78, 5) is -0.659. The molecule has 0 aliphatic rings. The summed E-state index contributed by atoms with van der Waals surface area (Å²) in [7, 11) is -4.43. The Hall–Kier alpha value is -1.84. The Balaban J connectivity index is 2.04. The fraction of sp³-hybridized carbons (Fsp3) is 0.250. The van der Waals surface area contributed by atoms with E-state index in [-0.39, 0.29) is 0 Å². The van der Waals surface area contributed by atoms with Gasteiger partial charge in [-0.25, -0.2) is 8.78 Å². The predicted octanol–water partition coefficient (Wildman–Crippen LogP) is 3.20. The molecule has 165 valence electrons. The molecule has 0 bridgehead atoms. The second kappa shape index (κ2) is 9.75. The van der Waals surface area contributed by atoms with Gasteiger partial charge in [-0.15, -0.1) is 0 Å². The van der Waals surface area contributed by atoms with Gasteiger partial charge in [-0.05, 0) is 61.9 Å². The molecule has 0 unspecified atom stereocenters. The number of benzene rings is 3. The van der Waals surface area contributed by atoms with Crippen LogP contribution in [0, 0.1) is 18.8 Å². The highest BCUT2D eigenvalue weighted by atomic mass is 127. The van der Waals surface area contributed by atoms with Crippen molar-refractivity contribution in [3.63, 3.8) is 0 Å². The largest absolute Gasteiger partial charge is 0.339 e. The summed E-state index contributed by atoms with van der Waals surface area (Å²) in [5, 5.41) is 0. The van der Waals surface area contributed by atoms with Crippen molar-refractivity contribution in [1.82, 2.24) is 0 Å². The van der Waals surface area contributed by atoms with Crippen LogP contribution in [0.2, 0.25) is 0 Å². The highest BCUT2D eigenvalue weighted by molar-refractivity contribution is 7.86. The summed E-state index contributed by atoms with van der Waals surface area (Å²) >= 11 is -2.96. The lowest BCUT2D eigenvalue weighted by molar-refractivity contribution is -1.03.